The summed E-state index contributed by atoms with van der Waals surface area (Å²) in [7, 11) is 0. The molecule has 1 aromatic carbocycles. The summed E-state index contributed by atoms with van der Waals surface area (Å²) in [6.07, 6.45) is 11.2. The summed E-state index contributed by atoms with van der Waals surface area (Å²) < 4.78 is 5.94. The minimum Gasteiger partial charge on any atom is -0.361 e. The lowest BCUT2D eigenvalue weighted by atomic mass is 9.90. The summed E-state index contributed by atoms with van der Waals surface area (Å²) in [4.78, 5) is 0. The summed E-state index contributed by atoms with van der Waals surface area (Å²) in [6.45, 7) is 4.48. The highest BCUT2D eigenvalue weighted by molar-refractivity contribution is 5.28. The fourth-order valence-electron chi connectivity index (χ4n) is 3.06. The smallest absolute Gasteiger partial charge is 0.119 e. The van der Waals surface area contributed by atoms with E-state index in [0.29, 0.717) is 6.10 Å². The molecule has 1 aliphatic heterocycles. The van der Waals surface area contributed by atoms with Crippen LogP contribution in [0.5, 0.6) is 0 Å². The van der Waals surface area contributed by atoms with Crippen molar-refractivity contribution < 1.29 is 4.74 Å². The Bertz CT molecular complexity index is 359. The molecular weight excluding hydrogens is 232 g/mol. The monoisotopic (exact) mass is 260 g/mol. The molecule has 2 rings (SSSR count). The molecule has 0 spiro atoms. The van der Waals surface area contributed by atoms with Gasteiger partial charge in [-0.3, -0.25) is 0 Å². The molecule has 2 atom stereocenters. The molecule has 0 radical (unpaired) electrons. The molecule has 106 valence electrons. The maximum absolute atomic E-state index is 5.94. The lowest BCUT2D eigenvalue weighted by molar-refractivity contribution is 0.278. The van der Waals surface area contributed by atoms with Crippen LogP contribution in [0, 0.1) is 0 Å². The molecular formula is C18H28O. The van der Waals surface area contributed by atoms with Crippen LogP contribution in [0.25, 0.3) is 0 Å². The van der Waals surface area contributed by atoms with E-state index < -0.39 is 0 Å². The topological polar surface area (TPSA) is 12.5 Å². The standard InChI is InChI=1S/C18H28O/c1-3-4-5-6-7-8-12-15-18(16(2)19-18)17-13-10-9-11-14-17/h9-11,13-14,16H,3-8,12,15H2,1-2H3. The van der Waals surface area contributed by atoms with Crippen LogP contribution in [0.2, 0.25) is 0 Å². The van der Waals surface area contributed by atoms with Crippen molar-refractivity contribution in [3.05, 3.63) is 35.9 Å². The first kappa shape index (κ1) is 14.6. The van der Waals surface area contributed by atoms with Crippen molar-refractivity contribution in [3.8, 4) is 0 Å². The maximum atomic E-state index is 5.94. The molecule has 2 unspecified atom stereocenters. The highest BCUT2D eigenvalue weighted by Gasteiger charge is 2.53. The quantitative estimate of drug-likeness (QED) is 0.425. The van der Waals surface area contributed by atoms with E-state index in [4.69, 9.17) is 4.74 Å². The predicted molar refractivity (Wildman–Crippen MR) is 81.3 cm³/mol. The van der Waals surface area contributed by atoms with Gasteiger partial charge < -0.3 is 4.74 Å². The van der Waals surface area contributed by atoms with Gasteiger partial charge in [0.1, 0.15) is 5.60 Å². The molecule has 19 heavy (non-hydrogen) atoms. The van der Waals surface area contributed by atoms with Gasteiger partial charge in [0.15, 0.2) is 0 Å². The van der Waals surface area contributed by atoms with Crippen LogP contribution >= 0.6 is 0 Å². The Kier molecular flexibility index (Phi) is 5.45. The van der Waals surface area contributed by atoms with E-state index in [2.05, 4.69) is 44.2 Å². The molecule has 0 aliphatic carbocycles. The minimum absolute atomic E-state index is 0.0463. The second kappa shape index (κ2) is 7.09. The molecule has 1 fully saturated rings. The van der Waals surface area contributed by atoms with E-state index in [0.717, 1.165) is 0 Å². The van der Waals surface area contributed by atoms with Crippen LogP contribution in [0.3, 0.4) is 0 Å². The van der Waals surface area contributed by atoms with Gasteiger partial charge in [-0.15, -0.1) is 0 Å². The van der Waals surface area contributed by atoms with E-state index >= 15 is 0 Å². The number of benzene rings is 1. The Labute approximate surface area is 118 Å². The lowest BCUT2D eigenvalue weighted by Gasteiger charge is -2.13. The van der Waals surface area contributed by atoms with E-state index in [-0.39, 0.29) is 5.60 Å². The van der Waals surface area contributed by atoms with Crippen LogP contribution in [0.4, 0.5) is 0 Å². The second-order valence-electron chi connectivity index (χ2n) is 5.89. The average molecular weight is 260 g/mol. The van der Waals surface area contributed by atoms with Crippen molar-refractivity contribution in [2.24, 2.45) is 0 Å². The Morgan fingerprint density at radius 3 is 2.11 bits per heavy atom. The molecule has 1 heteroatoms. The lowest BCUT2D eigenvalue weighted by Crippen LogP contribution is -2.11. The summed E-state index contributed by atoms with van der Waals surface area (Å²) in [5, 5.41) is 0. The van der Waals surface area contributed by atoms with Gasteiger partial charge in [-0.25, -0.2) is 0 Å². The number of hydrogen-bond donors (Lipinski definition) is 0. The zero-order chi connectivity index (χ0) is 13.6. The Balaban J connectivity index is 1.70. The van der Waals surface area contributed by atoms with Crippen molar-refractivity contribution in [2.45, 2.75) is 76.9 Å². The van der Waals surface area contributed by atoms with Crippen molar-refractivity contribution in [1.29, 1.82) is 0 Å². The van der Waals surface area contributed by atoms with Crippen molar-refractivity contribution >= 4 is 0 Å². The van der Waals surface area contributed by atoms with Crippen molar-refractivity contribution in [3.63, 3.8) is 0 Å². The molecule has 1 saturated heterocycles. The Hall–Kier alpha value is -0.820. The summed E-state index contributed by atoms with van der Waals surface area (Å²) >= 11 is 0. The SMILES string of the molecule is CCCCCCCCCC1(c2ccccc2)OC1C. The molecule has 1 aliphatic rings. The first-order valence-electron chi connectivity index (χ1n) is 8.03. The first-order valence-corrected chi connectivity index (χ1v) is 8.03. The summed E-state index contributed by atoms with van der Waals surface area (Å²) in [5.41, 5.74) is 1.42. The van der Waals surface area contributed by atoms with Crippen LogP contribution in [-0.4, -0.2) is 6.10 Å². The summed E-state index contributed by atoms with van der Waals surface area (Å²) in [6, 6.07) is 10.7. The third-order valence-electron chi connectivity index (χ3n) is 4.40. The molecule has 0 aromatic heterocycles. The van der Waals surface area contributed by atoms with Gasteiger partial charge >= 0.3 is 0 Å². The van der Waals surface area contributed by atoms with Crippen molar-refractivity contribution in [2.75, 3.05) is 0 Å². The van der Waals surface area contributed by atoms with Gasteiger partial charge in [0.05, 0.1) is 6.10 Å². The number of rotatable bonds is 9. The predicted octanol–water partition coefficient (Wildman–Crippen LogP) is 5.44. The second-order valence-corrected chi connectivity index (χ2v) is 5.89. The number of ether oxygens (including phenoxy) is 1. The fraction of sp³-hybridized carbons (Fsp3) is 0.667. The number of epoxide rings is 1. The van der Waals surface area contributed by atoms with Crippen LogP contribution in [0.1, 0.15) is 70.8 Å². The van der Waals surface area contributed by atoms with Gasteiger partial charge in [-0.1, -0.05) is 82.2 Å². The summed E-state index contributed by atoms with van der Waals surface area (Å²) in [5.74, 6) is 0. The molecule has 0 N–H and O–H groups in total. The normalized spacial score (nSPS) is 25.5. The molecule has 0 bridgehead atoms. The van der Waals surface area contributed by atoms with E-state index in [1.54, 1.807) is 0 Å². The molecule has 0 saturated carbocycles. The van der Waals surface area contributed by atoms with E-state index in [1.807, 2.05) is 0 Å². The highest BCUT2D eigenvalue weighted by Crippen LogP contribution is 2.49. The van der Waals surface area contributed by atoms with Crippen LogP contribution < -0.4 is 0 Å². The van der Waals surface area contributed by atoms with Crippen LogP contribution in [0.15, 0.2) is 30.3 Å². The van der Waals surface area contributed by atoms with Crippen LogP contribution in [-0.2, 0) is 10.3 Å². The first-order chi connectivity index (χ1) is 9.29. The van der Waals surface area contributed by atoms with E-state index in [1.165, 1.54) is 56.9 Å². The van der Waals surface area contributed by atoms with Gasteiger partial charge in [-0.05, 0) is 18.9 Å². The largest absolute Gasteiger partial charge is 0.361 e. The van der Waals surface area contributed by atoms with Gasteiger partial charge in [-0.2, -0.15) is 0 Å². The van der Waals surface area contributed by atoms with Gasteiger partial charge in [0.2, 0.25) is 0 Å². The molecule has 1 aromatic rings. The van der Waals surface area contributed by atoms with Gasteiger partial charge in [0, 0.05) is 0 Å². The third-order valence-corrected chi connectivity index (χ3v) is 4.40. The number of unbranched alkanes of at least 4 members (excludes halogenated alkanes) is 6. The molecule has 0 amide bonds. The zero-order valence-electron chi connectivity index (χ0n) is 12.5. The Morgan fingerprint density at radius 2 is 1.53 bits per heavy atom. The Morgan fingerprint density at radius 1 is 0.947 bits per heavy atom. The fourth-order valence-corrected chi connectivity index (χ4v) is 3.06. The number of hydrogen-bond acceptors (Lipinski definition) is 1. The molecule has 1 heterocycles. The third kappa shape index (κ3) is 3.82. The van der Waals surface area contributed by atoms with E-state index in [9.17, 15) is 0 Å². The molecule has 1 nitrogen and oxygen atoms in total. The maximum Gasteiger partial charge on any atom is 0.119 e. The average Bonchev–Trinajstić information content (AvgIpc) is 3.11. The van der Waals surface area contributed by atoms with Gasteiger partial charge in [0.25, 0.3) is 0 Å². The van der Waals surface area contributed by atoms with Crippen molar-refractivity contribution in [1.82, 2.24) is 0 Å². The zero-order valence-corrected chi connectivity index (χ0v) is 12.5. The minimum atomic E-state index is 0.0463. The highest BCUT2D eigenvalue weighted by atomic mass is 16.6.